The molecule has 0 saturated carbocycles. The van der Waals surface area contributed by atoms with Gasteiger partial charge in [-0.1, -0.05) is 18.2 Å². The Hall–Kier alpha value is -2.54. The lowest BCUT2D eigenvalue weighted by atomic mass is 9.93. The molecular weight excluding hydrogens is 267 g/mol. The van der Waals surface area contributed by atoms with Crippen LogP contribution in [0.2, 0.25) is 0 Å². The summed E-state index contributed by atoms with van der Waals surface area (Å²) in [7, 11) is 1.59. The standard InChI is InChI=1S/C17H15FN2O/c1-21-16-5-3-2-4-15(16)20-17(11-19)9-8-12-10-13(18)6-7-14(12)17/h2-7,10,20H,8-9H2,1H3. The molecule has 106 valence electrons. The Labute approximate surface area is 123 Å². The van der Waals surface area contributed by atoms with Crippen LogP contribution in [0.15, 0.2) is 42.5 Å². The summed E-state index contributed by atoms with van der Waals surface area (Å²) in [6.45, 7) is 0. The number of rotatable bonds is 3. The van der Waals surface area contributed by atoms with Crippen LogP contribution < -0.4 is 10.1 Å². The van der Waals surface area contributed by atoms with Gasteiger partial charge in [0.25, 0.3) is 0 Å². The van der Waals surface area contributed by atoms with Crippen LogP contribution in [0.3, 0.4) is 0 Å². The van der Waals surface area contributed by atoms with Crippen LogP contribution >= 0.6 is 0 Å². The summed E-state index contributed by atoms with van der Waals surface area (Å²) in [6, 6.07) is 14.5. The quantitative estimate of drug-likeness (QED) is 0.935. The van der Waals surface area contributed by atoms with E-state index in [9.17, 15) is 9.65 Å². The number of hydrogen-bond donors (Lipinski definition) is 1. The summed E-state index contributed by atoms with van der Waals surface area (Å²) in [5.74, 6) is 0.419. The highest BCUT2D eigenvalue weighted by molar-refractivity contribution is 5.62. The number of nitrogens with zero attached hydrogens (tertiary/aromatic N) is 1. The van der Waals surface area contributed by atoms with E-state index in [2.05, 4.69) is 11.4 Å². The average molecular weight is 282 g/mol. The van der Waals surface area contributed by atoms with Crippen molar-refractivity contribution in [3.63, 3.8) is 0 Å². The first-order chi connectivity index (χ1) is 10.2. The van der Waals surface area contributed by atoms with Gasteiger partial charge in [0.15, 0.2) is 5.54 Å². The molecule has 0 aromatic heterocycles. The molecule has 1 N–H and O–H groups in total. The number of para-hydroxylation sites is 2. The molecule has 0 fully saturated rings. The van der Waals surface area contributed by atoms with Crippen molar-refractivity contribution in [1.82, 2.24) is 0 Å². The number of benzene rings is 2. The van der Waals surface area contributed by atoms with Gasteiger partial charge >= 0.3 is 0 Å². The van der Waals surface area contributed by atoms with Gasteiger partial charge in [-0.15, -0.1) is 0 Å². The molecule has 1 aliphatic rings. The maximum absolute atomic E-state index is 13.3. The Morgan fingerprint density at radius 3 is 2.86 bits per heavy atom. The molecule has 0 amide bonds. The molecule has 0 saturated heterocycles. The van der Waals surface area contributed by atoms with Gasteiger partial charge in [0.1, 0.15) is 11.6 Å². The number of methoxy groups -OCH3 is 1. The van der Waals surface area contributed by atoms with Gasteiger partial charge in [-0.25, -0.2) is 4.39 Å². The van der Waals surface area contributed by atoms with Crippen LogP contribution in [0.4, 0.5) is 10.1 Å². The molecular formula is C17H15FN2O. The first kappa shape index (κ1) is 13.4. The molecule has 4 heteroatoms. The molecule has 1 atom stereocenters. The fourth-order valence-corrected chi connectivity index (χ4v) is 2.89. The molecule has 0 radical (unpaired) electrons. The van der Waals surface area contributed by atoms with Crippen molar-refractivity contribution < 1.29 is 9.13 Å². The van der Waals surface area contributed by atoms with E-state index in [0.29, 0.717) is 18.6 Å². The molecule has 1 aliphatic carbocycles. The third kappa shape index (κ3) is 2.21. The highest BCUT2D eigenvalue weighted by Gasteiger charge is 2.39. The number of hydrogen-bond acceptors (Lipinski definition) is 3. The van der Waals surface area contributed by atoms with Crippen molar-refractivity contribution in [2.45, 2.75) is 18.4 Å². The predicted molar refractivity (Wildman–Crippen MR) is 78.6 cm³/mol. The van der Waals surface area contributed by atoms with Crippen molar-refractivity contribution in [1.29, 1.82) is 5.26 Å². The van der Waals surface area contributed by atoms with Gasteiger partial charge in [0.05, 0.1) is 18.9 Å². The van der Waals surface area contributed by atoms with Crippen LogP contribution in [0.25, 0.3) is 0 Å². The van der Waals surface area contributed by atoms with Crippen LogP contribution in [-0.2, 0) is 12.0 Å². The number of ether oxygens (including phenoxy) is 1. The van der Waals surface area contributed by atoms with Crippen LogP contribution in [0.1, 0.15) is 17.5 Å². The third-order valence-electron chi connectivity index (χ3n) is 3.94. The number of anilines is 1. The Morgan fingerprint density at radius 1 is 1.29 bits per heavy atom. The summed E-state index contributed by atoms with van der Waals surface area (Å²) in [5.41, 5.74) is 1.66. The number of nitriles is 1. The van der Waals surface area contributed by atoms with Gasteiger partial charge in [0, 0.05) is 0 Å². The number of halogens is 1. The van der Waals surface area contributed by atoms with Gasteiger partial charge in [-0.3, -0.25) is 0 Å². The molecule has 2 aromatic carbocycles. The van der Waals surface area contributed by atoms with Crippen molar-refractivity contribution in [2.24, 2.45) is 0 Å². The fourth-order valence-electron chi connectivity index (χ4n) is 2.89. The second kappa shape index (κ2) is 5.10. The lowest BCUT2D eigenvalue weighted by Gasteiger charge is -2.26. The second-order valence-electron chi connectivity index (χ2n) is 5.14. The van der Waals surface area contributed by atoms with E-state index in [0.717, 1.165) is 16.8 Å². The van der Waals surface area contributed by atoms with E-state index in [1.54, 1.807) is 13.2 Å². The minimum absolute atomic E-state index is 0.264. The lowest BCUT2D eigenvalue weighted by molar-refractivity contribution is 0.415. The van der Waals surface area contributed by atoms with Gasteiger partial charge in [-0.05, 0) is 48.2 Å². The molecule has 0 spiro atoms. The van der Waals surface area contributed by atoms with Crippen LogP contribution in [0, 0.1) is 17.1 Å². The molecule has 21 heavy (non-hydrogen) atoms. The summed E-state index contributed by atoms with van der Waals surface area (Å²) in [6.07, 6.45) is 1.29. The molecule has 0 bridgehead atoms. The third-order valence-corrected chi connectivity index (χ3v) is 3.94. The molecule has 0 heterocycles. The Bertz CT molecular complexity index is 723. The van der Waals surface area contributed by atoms with Gasteiger partial charge in [-0.2, -0.15) is 5.26 Å². The summed E-state index contributed by atoms with van der Waals surface area (Å²) >= 11 is 0. The zero-order valence-electron chi connectivity index (χ0n) is 11.7. The molecule has 0 aliphatic heterocycles. The van der Waals surface area contributed by atoms with Gasteiger partial charge < -0.3 is 10.1 Å². The largest absolute Gasteiger partial charge is 0.495 e. The smallest absolute Gasteiger partial charge is 0.151 e. The Kier molecular flexibility index (Phi) is 3.26. The average Bonchev–Trinajstić information content (AvgIpc) is 2.86. The maximum Gasteiger partial charge on any atom is 0.151 e. The van der Waals surface area contributed by atoms with E-state index in [-0.39, 0.29) is 5.82 Å². The van der Waals surface area contributed by atoms with Crippen molar-refractivity contribution in [3.8, 4) is 11.8 Å². The monoisotopic (exact) mass is 282 g/mol. The van der Waals surface area contributed by atoms with Gasteiger partial charge in [0.2, 0.25) is 0 Å². The van der Waals surface area contributed by atoms with E-state index >= 15 is 0 Å². The number of aryl methyl sites for hydroxylation is 1. The van der Waals surface area contributed by atoms with Crippen LogP contribution in [-0.4, -0.2) is 7.11 Å². The zero-order valence-corrected chi connectivity index (χ0v) is 11.7. The molecule has 3 nitrogen and oxygen atoms in total. The van der Waals surface area contributed by atoms with Crippen molar-refractivity contribution in [2.75, 3.05) is 12.4 Å². The second-order valence-corrected chi connectivity index (χ2v) is 5.14. The highest BCUT2D eigenvalue weighted by Crippen LogP contribution is 2.41. The lowest BCUT2D eigenvalue weighted by Crippen LogP contribution is -2.31. The molecule has 3 rings (SSSR count). The molecule has 1 unspecified atom stereocenters. The number of fused-ring (bicyclic) bond motifs is 1. The Balaban J connectivity index is 2.03. The SMILES string of the molecule is COc1ccccc1NC1(C#N)CCc2cc(F)ccc21. The minimum atomic E-state index is -0.836. The van der Waals surface area contributed by atoms with E-state index in [1.807, 2.05) is 24.3 Å². The fraction of sp³-hybridized carbons (Fsp3) is 0.235. The van der Waals surface area contributed by atoms with Crippen LogP contribution in [0.5, 0.6) is 5.75 Å². The summed E-state index contributed by atoms with van der Waals surface area (Å²) in [4.78, 5) is 0. The van der Waals surface area contributed by atoms with E-state index in [4.69, 9.17) is 4.74 Å². The number of nitrogens with one attached hydrogen (secondary N) is 1. The maximum atomic E-state index is 13.3. The predicted octanol–water partition coefficient (Wildman–Crippen LogP) is 3.61. The van der Waals surface area contributed by atoms with Crippen molar-refractivity contribution >= 4 is 5.69 Å². The summed E-state index contributed by atoms with van der Waals surface area (Å²) in [5, 5.41) is 13.0. The highest BCUT2D eigenvalue weighted by atomic mass is 19.1. The molecule has 2 aromatic rings. The first-order valence-electron chi connectivity index (χ1n) is 6.80. The first-order valence-corrected chi connectivity index (χ1v) is 6.80. The van der Waals surface area contributed by atoms with E-state index in [1.165, 1.54) is 12.1 Å². The van der Waals surface area contributed by atoms with E-state index < -0.39 is 5.54 Å². The van der Waals surface area contributed by atoms with Crippen molar-refractivity contribution in [3.05, 3.63) is 59.4 Å². The minimum Gasteiger partial charge on any atom is -0.495 e. The normalized spacial score (nSPS) is 19.7. The summed E-state index contributed by atoms with van der Waals surface area (Å²) < 4.78 is 18.7. The topological polar surface area (TPSA) is 45.0 Å². The Morgan fingerprint density at radius 2 is 2.10 bits per heavy atom. The zero-order chi connectivity index (χ0) is 14.9.